The first kappa shape index (κ1) is 24.3. The number of aromatic nitrogens is 8. The molecule has 0 spiro atoms. The molecular formula is C28H24FN9O. The van der Waals surface area contributed by atoms with Crippen LogP contribution >= 0.6 is 0 Å². The lowest BCUT2D eigenvalue weighted by atomic mass is 9.92. The fraction of sp³-hybridized carbons (Fsp3) is 0.179. The van der Waals surface area contributed by atoms with E-state index in [1.54, 1.807) is 18.5 Å². The molecule has 0 unspecified atom stereocenters. The quantitative estimate of drug-likeness (QED) is 0.271. The fourth-order valence-electron chi connectivity index (χ4n) is 4.42. The van der Waals surface area contributed by atoms with Crippen molar-refractivity contribution in [3.05, 3.63) is 67.1 Å². The van der Waals surface area contributed by atoms with E-state index in [1.165, 1.54) is 18.6 Å². The second kappa shape index (κ2) is 9.35. The Bertz CT molecular complexity index is 1840. The van der Waals surface area contributed by atoms with Crippen molar-refractivity contribution >= 4 is 33.8 Å². The zero-order valence-electron chi connectivity index (χ0n) is 21.5. The van der Waals surface area contributed by atoms with Crippen molar-refractivity contribution < 1.29 is 9.18 Å². The fourth-order valence-corrected chi connectivity index (χ4v) is 4.42. The summed E-state index contributed by atoms with van der Waals surface area (Å²) in [4.78, 5) is 37.7. The van der Waals surface area contributed by atoms with Crippen LogP contribution in [0.15, 0.2) is 61.3 Å². The van der Waals surface area contributed by atoms with Crippen LogP contribution in [0.5, 0.6) is 0 Å². The Morgan fingerprint density at radius 3 is 2.67 bits per heavy atom. The number of aromatic amines is 2. The first-order valence-corrected chi connectivity index (χ1v) is 12.3. The van der Waals surface area contributed by atoms with E-state index in [1.807, 2.05) is 45.0 Å². The molecule has 39 heavy (non-hydrogen) atoms. The van der Waals surface area contributed by atoms with Crippen LogP contribution in [-0.4, -0.2) is 46.0 Å². The Balaban J connectivity index is 1.40. The number of pyridine rings is 4. The molecule has 0 atom stereocenters. The minimum atomic E-state index is -0.540. The summed E-state index contributed by atoms with van der Waals surface area (Å²) >= 11 is 0. The number of H-pyrrole nitrogens is 2. The van der Waals surface area contributed by atoms with Crippen LogP contribution in [0.2, 0.25) is 0 Å². The maximum Gasteiger partial charge on any atom is 0.224 e. The highest BCUT2D eigenvalue weighted by Crippen LogP contribution is 2.34. The second-order valence-corrected chi connectivity index (χ2v) is 10.4. The molecule has 1 amide bonds. The highest BCUT2D eigenvalue weighted by atomic mass is 19.1. The highest BCUT2D eigenvalue weighted by Gasteiger charge is 2.22. The molecule has 0 aliphatic rings. The van der Waals surface area contributed by atoms with Crippen LogP contribution in [0.1, 0.15) is 27.2 Å². The number of carbonyl (C=O) groups excluding carboxylic acids is 1. The molecule has 0 saturated heterocycles. The van der Waals surface area contributed by atoms with Gasteiger partial charge in [-0.05, 0) is 29.7 Å². The maximum absolute atomic E-state index is 16.1. The van der Waals surface area contributed by atoms with E-state index in [0.29, 0.717) is 34.7 Å². The Morgan fingerprint density at radius 2 is 1.87 bits per heavy atom. The van der Waals surface area contributed by atoms with Gasteiger partial charge in [-0.25, -0.2) is 19.3 Å². The zero-order valence-corrected chi connectivity index (χ0v) is 21.5. The summed E-state index contributed by atoms with van der Waals surface area (Å²) in [6, 6.07) is 9.12. The predicted octanol–water partition coefficient (Wildman–Crippen LogP) is 5.53. The molecule has 0 saturated carbocycles. The molecule has 194 valence electrons. The number of nitrogens with zero attached hydrogens (tertiary/aromatic N) is 6. The summed E-state index contributed by atoms with van der Waals surface area (Å²) in [6.45, 7) is 5.95. The smallest absolute Gasteiger partial charge is 0.224 e. The monoisotopic (exact) mass is 521 g/mol. The van der Waals surface area contributed by atoms with Gasteiger partial charge in [0.15, 0.2) is 17.1 Å². The van der Waals surface area contributed by atoms with Gasteiger partial charge in [-0.15, -0.1) is 0 Å². The standard InChI is InChI=1S/C28H24FN9O/c1-28(2,3)11-20(39)34-16-10-15(12-30-13-16)18-14-33-25-21(22(18)29)24(37-38-25)27-35-23-17(7-9-32-26(23)36-27)19-6-4-5-8-31-19/h4-10,12-14H,11H2,1-3H3,(H,34,39)(H,32,35,36)(H,33,37,38). The van der Waals surface area contributed by atoms with Gasteiger partial charge in [-0.2, -0.15) is 5.10 Å². The van der Waals surface area contributed by atoms with E-state index in [2.05, 4.69) is 40.4 Å². The zero-order chi connectivity index (χ0) is 27.1. The van der Waals surface area contributed by atoms with E-state index in [4.69, 9.17) is 4.98 Å². The number of anilines is 1. The summed E-state index contributed by atoms with van der Waals surface area (Å²) in [7, 11) is 0. The van der Waals surface area contributed by atoms with E-state index < -0.39 is 5.82 Å². The summed E-state index contributed by atoms with van der Waals surface area (Å²) < 4.78 is 16.1. The molecule has 0 aromatic carbocycles. The molecule has 0 bridgehead atoms. The third kappa shape index (κ3) is 4.70. The Morgan fingerprint density at radius 1 is 1.00 bits per heavy atom. The molecule has 0 radical (unpaired) electrons. The minimum Gasteiger partial charge on any atom is -0.325 e. The van der Waals surface area contributed by atoms with Crippen LogP contribution in [-0.2, 0) is 4.79 Å². The van der Waals surface area contributed by atoms with Gasteiger partial charge in [0.2, 0.25) is 5.91 Å². The average molecular weight is 522 g/mol. The van der Waals surface area contributed by atoms with Crippen LogP contribution in [0.3, 0.4) is 0 Å². The average Bonchev–Trinajstić information content (AvgIpc) is 3.53. The second-order valence-electron chi connectivity index (χ2n) is 10.4. The molecule has 0 fully saturated rings. The van der Waals surface area contributed by atoms with Crippen molar-refractivity contribution in [1.82, 2.24) is 40.1 Å². The van der Waals surface area contributed by atoms with Crippen molar-refractivity contribution in [3.63, 3.8) is 0 Å². The molecule has 6 aromatic rings. The third-order valence-corrected chi connectivity index (χ3v) is 6.10. The summed E-state index contributed by atoms with van der Waals surface area (Å²) in [5.74, 6) is -0.343. The molecule has 6 aromatic heterocycles. The van der Waals surface area contributed by atoms with Crippen molar-refractivity contribution in [2.45, 2.75) is 27.2 Å². The van der Waals surface area contributed by atoms with E-state index in [0.717, 1.165) is 11.3 Å². The molecule has 0 aliphatic heterocycles. The van der Waals surface area contributed by atoms with Crippen molar-refractivity contribution in [1.29, 1.82) is 0 Å². The van der Waals surface area contributed by atoms with Gasteiger partial charge in [0.25, 0.3) is 0 Å². The maximum atomic E-state index is 16.1. The largest absolute Gasteiger partial charge is 0.325 e. The molecule has 3 N–H and O–H groups in total. The van der Waals surface area contributed by atoms with Gasteiger partial charge < -0.3 is 10.3 Å². The molecule has 0 aliphatic carbocycles. The molecule has 6 heterocycles. The first-order chi connectivity index (χ1) is 18.8. The van der Waals surface area contributed by atoms with Crippen molar-refractivity contribution in [3.8, 4) is 33.9 Å². The first-order valence-electron chi connectivity index (χ1n) is 12.3. The molecule has 11 heteroatoms. The van der Waals surface area contributed by atoms with Crippen LogP contribution in [0.4, 0.5) is 10.1 Å². The van der Waals surface area contributed by atoms with Gasteiger partial charge >= 0.3 is 0 Å². The minimum absolute atomic E-state index is 0.142. The van der Waals surface area contributed by atoms with E-state index in [9.17, 15) is 4.79 Å². The number of nitrogens with one attached hydrogen (secondary N) is 3. The Kier molecular flexibility index (Phi) is 5.82. The number of hydrogen-bond donors (Lipinski definition) is 3. The predicted molar refractivity (Wildman–Crippen MR) is 146 cm³/mol. The number of imidazole rings is 1. The molecule has 10 nitrogen and oxygen atoms in total. The van der Waals surface area contributed by atoms with Gasteiger partial charge in [0.05, 0.1) is 23.0 Å². The molecular weight excluding hydrogens is 497 g/mol. The number of halogens is 1. The Labute approximate surface area is 222 Å². The summed E-state index contributed by atoms with van der Waals surface area (Å²) in [6.07, 6.45) is 8.17. The SMILES string of the molecule is CC(C)(C)CC(=O)Nc1cncc(-c2cnc3[nH]nc(-c4nc5c(-c6ccccn6)ccnc5[nH]4)c3c2F)c1. The van der Waals surface area contributed by atoms with Gasteiger partial charge in [0.1, 0.15) is 17.0 Å². The number of fused-ring (bicyclic) bond motifs is 2. The van der Waals surface area contributed by atoms with Crippen LogP contribution < -0.4 is 5.32 Å². The number of carbonyl (C=O) groups is 1. The van der Waals surface area contributed by atoms with Gasteiger partial charge in [-0.1, -0.05) is 26.8 Å². The van der Waals surface area contributed by atoms with Gasteiger partial charge in [-0.3, -0.25) is 19.9 Å². The number of hydrogen-bond acceptors (Lipinski definition) is 7. The topological polar surface area (TPSA) is 138 Å². The number of amides is 1. The summed E-state index contributed by atoms with van der Waals surface area (Å²) in [5, 5.41) is 10.1. The lowest BCUT2D eigenvalue weighted by Crippen LogP contribution is -2.19. The van der Waals surface area contributed by atoms with Crippen molar-refractivity contribution in [2.75, 3.05) is 5.32 Å². The van der Waals surface area contributed by atoms with Gasteiger partial charge in [0, 0.05) is 47.9 Å². The lowest BCUT2D eigenvalue weighted by Gasteiger charge is -2.17. The molecule has 6 rings (SSSR count). The summed E-state index contributed by atoms with van der Waals surface area (Å²) in [5.41, 5.74) is 4.17. The van der Waals surface area contributed by atoms with E-state index >= 15 is 4.39 Å². The van der Waals surface area contributed by atoms with Crippen molar-refractivity contribution in [2.24, 2.45) is 5.41 Å². The normalized spacial score (nSPS) is 11.8. The highest BCUT2D eigenvalue weighted by molar-refractivity contribution is 5.96. The van der Waals surface area contributed by atoms with Crippen LogP contribution in [0, 0.1) is 11.2 Å². The lowest BCUT2D eigenvalue weighted by molar-refractivity contribution is -0.117. The third-order valence-electron chi connectivity index (χ3n) is 6.10. The Hall–Kier alpha value is -5.06. The number of rotatable bonds is 5. The van der Waals surface area contributed by atoms with Crippen LogP contribution in [0.25, 0.3) is 56.1 Å². The van der Waals surface area contributed by atoms with E-state index in [-0.39, 0.29) is 33.6 Å².